The Morgan fingerprint density at radius 1 is 1.61 bits per heavy atom. The lowest BCUT2D eigenvalue weighted by atomic mass is 9.64. The fourth-order valence-electron chi connectivity index (χ4n) is 2.05. The molecule has 1 N–H and O–H groups in total. The molecule has 0 spiro atoms. The van der Waals surface area contributed by atoms with Gasteiger partial charge in [-0.3, -0.25) is 9.59 Å². The molecule has 3 nitrogen and oxygen atoms in total. The summed E-state index contributed by atoms with van der Waals surface area (Å²) in [7, 11) is 0. The van der Waals surface area contributed by atoms with Crippen molar-refractivity contribution in [3.8, 4) is 0 Å². The topological polar surface area (TPSA) is 54.4 Å². The van der Waals surface area contributed by atoms with E-state index in [9.17, 15) is 14.7 Å². The molecule has 0 aromatic heterocycles. The second-order valence-electron chi connectivity index (χ2n) is 4.95. The first kappa shape index (κ1) is 10.4. The average molecular weight is 251 g/mol. The smallest absolute Gasteiger partial charge is 0.156 e. The lowest BCUT2D eigenvalue weighted by molar-refractivity contribution is -0.121. The molecule has 0 saturated carbocycles. The van der Waals surface area contributed by atoms with Crippen LogP contribution in [0.3, 0.4) is 0 Å². The van der Waals surface area contributed by atoms with Gasteiger partial charge in [-0.25, -0.2) is 0 Å². The second-order valence-corrected chi connectivity index (χ2v) is 4.95. The summed E-state index contributed by atoms with van der Waals surface area (Å²) >= 11 is 0. The monoisotopic (exact) mass is 251 g/mol. The SMILES string of the molecule is [2H]C([2H])([2H])C1(C)CC(=O)C=C(C)C1(O)/C=C/C(C)=C\C=O. The molecular formula is C15H20O3. The summed E-state index contributed by atoms with van der Waals surface area (Å²) in [5.41, 5.74) is -2.53. The molecule has 1 rings (SSSR count). The molecule has 0 aliphatic heterocycles. The number of carbonyl (C=O) groups is 2. The largest absolute Gasteiger partial charge is 0.381 e. The highest BCUT2D eigenvalue weighted by Crippen LogP contribution is 2.44. The third-order valence-electron chi connectivity index (χ3n) is 3.27. The van der Waals surface area contributed by atoms with Crippen LogP contribution in [0.5, 0.6) is 0 Å². The highest BCUT2D eigenvalue weighted by molar-refractivity contribution is 5.92. The zero-order valence-corrected chi connectivity index (χ0v) is 10.9. The normalized spacial score (nSPS) is 36.9. The van der Waals surface area contributed by atoms with E-state index < -0.39 is 17.9 Å². The Morgan fingerprint density at radius 3 is 2.83 bits per heavy atom. The van der Waals surface area contributed by atoms with Gasteiger partial charge in [0.05, 0.1) is 0 Å². The second kappa shape index (κ2) is 5.02. The van der Waals surface area contributed by atoms with Gasteiger partial charge in [-0.05, 0) is 43.2 Å². The molecule has 0 radical (unpaired) electrons. The number of hydrogen-bond acceptors (Lipinski definition) is 3. The molecule has 2 atom stereocenters. The van der Waals surface area contributed by atoms with E-state index in [-0.39, 0.29) is 17.8 Å². The Morgan fingerprint density at radius 2 is 2.28 bits per heavy atom. The van der Waals surface area contributed by atoms with Crippen LogP contribution in [0.25, 0.3) is 0 Å². The molecule has 3 heteroatoms. The van der Waals surface area contributed by atoms with Gasteiger partial charge in [-0.2, -0.15) is 0 Å². The molecule has 0 aromatic carbocycles. The van der Waals surface area contributed by atoms with E-state index >= 15 is 0 Å². The van der Waals surface area contributed by atoms with E-state index in [4.69, 9.17) is 4.11 Å². The number of carbonyl (C=O) groups excluding carboxylic acids is 2. The molecular weight excluding hydrogens is 228 g/mol. The van der Waals surface area contributed by atoms with Crippen LogP contribution in [0.4, 0.5) is 0 Å². The van der Waals surface area contributed by atoms with Crippen molar-refractivity contribution in [3.63, 3.8) is 0 Å². The standard InChI is InChI=1S/C15H20O3/c1-11(6-8-16)5-7-15(18)12(2)9-13(17)10-14(15,3)4/h5-9,18H,10H2,1-4H3/b7-5+,11-6-/i3D3. The summed E-state index contributed by atoms with van der Waals surface area (Å²) in [5.74, 6) is -0.315. The van der Waals surface area contributed by atoms with Gasteiger partial charge in [0.25, 0.3) is 0 Å². The van der Waals surface area contributed by atoms with Crippen LogP contribution in [0.2, 0.25) is 0 Å². The third kappa shape index (κ3) is 2.67. The van der Waals surface area contributed by atoms with Crippen molar-refractivity contribution in [1.29, 1.82) is 0 Å². The molecule has 0 amide bonds. The maximum Gasteiger partial charge on any atom is 0.156 e. The molecule has 0 fully saturated rings. The minimum atomic E-state index is -2.51. The lowest BCUT2D eigenvalue weighted by Gasteiger charge is -2.43. The Labute approximate surface area is 112 Å². The van der Waals surface area contributed by atoms with Gasteiger partial charge in [-0.1, -0.05) is 19.9 Å². The quantitative estimate of drug-likeness (QED) is 0.476. The molecule has 98 valence electrons. The number of aliphatic hydroxyl groups is 1. The van der Waals surface area contributed by atoms with Crippen LogP contribution in [0.15, 0.2) is 35.5 Å². The first-order chi connectivity index (χ1) is 9.48. The zero-order valence-electron chi connectivity index (χ0n) is 13.9. The van der Waals surface area contributed by atoms with Crippen LogP contribution in [-0.2, 0) is 9.59 Å². The van der Waals surface area contributed by atoms with E-state index in [2.05, 4.69) is 0 Å². The molecule has 1 aliphatic carbocycles. The molecule has 0 saturated heterocycles. The first-order valence-electron chi connectivity index (χ1n) is 7.23. The Hall–Kier alpha value is -1.48. The summed E-state index contributed by atoms with van der Waals surface area (Å²) in [6.07, 6.45) is 5.77. The summed E-state index contributed by atoms with van der Waals surface area (Å²) in [5, 5.41) is 10.9. The van der Waals surface area contributed by atoms with Gasteiger partial charge in [-0.15, -0.1) is 0 Å². The fraction of sp³-hybridized carbons (Fsp3) is 0.467. The minimum Gasteiger partial charge on any atom is -0.381 e. The predicted octanol–water partition coefficient (Wildman–Crippen LogP) is 2.36. The van der Waals surface area contributed by atoms with Gasteiger partial charge in [0, 0.05) is 15.9 Å². The third-order valence-corrected chi connectivity index (χ3v) is 3.27. The van der Waals surface area contributed by atoms with E-state index in [1.807, 2.05) is 0 Å². The molecule has 2 unspecified atom stereocenters. The molecule has 1 aliphatic rings. The fourth-order valence-corrected chi connectivity index (χ4v) is 2.05. The van der Waals surface area contributed by atoms with Gasteiger partial charge in [0.2, 0.25) is 0 Å². The van der Waals surface area contributed by atoms with E-state index in [1.165, 1.54) is 38.2 Å². The number of ketones is 1. The molecule has 0 aromatic rings. The van der Waals surface area contributed by atoms with Crippen molar-refractivity contribution in [3.05, 3.63) is 35.5 Å². The van der Waals surface area contributed by atoms with Gasteiger partial charge < -0.3 is 5.11 Å². The van der Waals surface area contributed by atoms with Gasteiger partial charge >= 0.3 is 0 Å². The Bertz CT molecular complexity index is 543. The summed E-state index contributed by atoms with van der Waals surface area (Å²) in [4.78, 5) is 22.2. The Kier molecular flexibility index (Phi) is 2.91. The highest BCUT2D eigenvalue weighted by Gasteiger charge is 2.46. The number of aldehydes is 1. The van der Waals surface area contributed by atoms with Crippen molar-refractivity contribution >= 4 is 12.1 Å². The highest BCUT2D eigenvalue weighted by atomic mass is 16.3. The zero-order chi connectivity index (χ0) is 16.5. The van der Waals surface area contributed by atoms with Crippen molar-refractivity contribution in [2.45, 2.75) is 39.6 Å². The predicted molar refractivity (Wildman–Crippen MR) is 71.1 cm³/mol. The number of rotatable bonds is 3. The van der Waals surface area contributed by atoms with Crippen LogP contribution in [0.1, 0.15) is 38.2 Å². The average Bonchev–Trinajstić information content (AvgIpc) is 2.32. The molecule has 18 heavy (non-hydrogen) atoms. The summed E-state index contributed by atoms with van der Waals surface area (Å²) < 4.78 is 23.1. The van der Waals surface area contributed by atoms with Gasteiger partial charge in [0.1, 0.15) is 11.9 Å². The van der Waals surface area contributed by atoms with Crippen LogP contribution in [-0.4, -0.2) is 22.8 Å². The number of allylic oxidation sites excluding steroid dienone is 4. The van der Waals surface area contributed by atoms with Crippen LogP contribution < -0.4 is 0 Å². The van der Waals surface area contributed by atoms with Crippen molar-refractivity contribution in [2.24, 2.45) is 5.41 Å². The molecule has 0 bridgehead atoms. The van der Waals surface area contributed by atoms with Crippen LogP contribution in [0, 0.1) is 5.41 Å². The van der Waals surface area contributed by atoms with E-state index in [0.29, 0.717) is 11.9 Å². The maximum atomic E-state index is 11.7. The lowest BCUT2D eigenvalue weighted by Crippen LogP contribution is -2.48. The minimum absolute atomic E-state index is 0.266. The van der Waals surface area contributed by atoms with Crippen molar-refractivity contribution < 1.29 is 18.8 Å². The van der Waals surface area contributed by atoms with Crippen molar-refractivity contribution in [2.75, 3.05) is 0 Å². The maximum absolute atomic E-state index is 11.7. The summed E-state index contributed by atoms with van der Waals surface area (Å²) in [6.45, 7) is 2.06. The Balaban J connectivity index is 3.43. The van der Waals surface area contributed by atoms with E-state index in [1.54, 1.807) is 6.92 Å². The summed E-state index contributed by atoms with van der Waals surface area (Å²) in [6, 6.07) is 0. The van der Waals surface area contributed by atoms with Crippen LogP contribution >= 0.6 is 0 Å². The van der Waals surface area contributed by atoms with E-state index in [0.717, 1.165) is 0 Å². The molecule has 0 heterocycles. The first-order valence-corrected chi connectivity index (χ1v) is 5.73. The number of hydrogen-bond donors (Lipinski definition) is 1. The van der Waals surface area contributed by atoms with Gasteiger partial charge in [0.15, 0.2) is 5.78 Å². The van der Waals surface area contributed by atoms with Crippen molar-refractivity contribution in [1.82, 2.24) is 0 Å².